The van der Waals surface area contributed by atoms with Crippen molar-refractivity contribution >= 4 is 29.2 Å². The van der Waals surface area contributed by atoms with Crippen LogP contribution in [0.1, 0.15) is 0 Å². The van der Waals surface area contributed by atoms with Gasteiger partial charge in [-0.25, -0.2) is 0 Å². The highest BCUT2D eigenvalue weighted by molar-refractivity contribution is 6.28. The molecular weight excluding hydrogens is 278 g/mol. The number of nitrogens with zero attached hydrogens (tertiary/aromatic N) is 5. The van der Waals surface area contributed by atoms with Crippen LogP contribution < -0.4 is 14.5 Å². The van der Waals surface area contributed by atoms with E-state index in [4.69, 9.17) is 16.3 Å². The summed E-state index contributed by atoms with van der Waals surface area (Å²) in [5.41, 5.74) is 0.928. The minimum Gasteiger partial charge on any atom is -0.497 e. The fourth-order valence-corrected chi connectivity index (χ4v) is 1.75. The van der Waals surface area contributed by atoms with E-state index < -0.39 is 0 Å². The van der Waals surface area contributed by atoms with E-state index in [2.05, 4.69) is 15.0 Å². The molecule has 20 heavy (non-hydrogen) atoms. The smallest absolute Gasteiger partial charge is 0.235 e. The van der Waals surface area contributed by atoms with Crippen molar-refractivity contribution in [3.8, 4) is 5.75 Å². The number of hydrogen-bond acceptors (Lipinski definition) is 6. The zero-order valence-corrected chi connectivity index (χ0v) is 12.6. The average Bonchev–Trinajstić information content (AvgIpc) is 2.46. The first-order valence-corrected chi connectivity index (χ1v) is 6.35. The lowest BCUT2D eigenvalue weighted by Gasteiger charge is -2.19. The predicted molar refractivity (Wildman–Crippen MR) is 80.2 cm³/mol. The topological polar surface area (TPSA) is 54.4 Å². The summed E-state index contributed by atoms with van der Waals surface area (Å²) in [7, 11) is 7.20. The maximum absolute atomic E-state index is 5.94. The van der Waals surface area contributed by atoms with Crippen molar-refractivity contribution < 1.29 is 4.74 Å². The standard InChI is InChI=1S/C13H16ClN5O/c1-18(2)12-15-11(14)16-13(17-12)19(3)9-5-7-10(20-4)8-6-9/h5-8H,1-4H3. The molecule has 0 atom stereocenters. The molecule has 1 aromatic heterocycles. The molecule has 6 nitrogen and oxygen atoms in total. The summed E-state index contributed by atoms with van der Waals surface area (Å²) in [5, 5.41) is 0.166. The summed E-state index contributed by atoms with van der Waals surface area (Å²) in [6.07, 6.45) is 0. The van der Waals surface area contributed by atoms with Gasteiger partial charge in [-0.2, -0.15) is 15.0 Å². The second kappa shape index (κ2) is 5.92. The SMILES string of the molecule is COc1ccc(N(C)c2nc(Cl)nc(N(C)C)n2)cc1. The van der Waals surface area contributed by atoms with Crippen LogP contribution in [0.4, 0.5) is 17.6 Å². The van der Waals surface area contributed by atoms with Crippen molar-refractivity contribution in [2.45, 2.75) is 0 Å². The Morgan fingerprint density at radius 2 is 1.55 bits per heavy atom. The van der Waals surface area contributed by atoms with Gasteiger partial charge < -0.3 is 14.5 Å². The number of methoxy groups -OCH3 is 1. The Kier molecular flexibility index (Phi) is 4.24. The zero-order valence-electron chi connectivity index (χ0n) is 11.8. The molecule has 7 heteroatoms. The van der Waals surface area contributed by atoms with E-state index in [9.17, 15) is 0 Å². The van der Waals surface area contributed by atoms with Gasteiger partial charge in [0.1, 0.15) is 5.75 Å². The number of halogens is 1. The molecule has 0 aliphatic carbocycles. The van der Waals surface area contributed by atoms with Crippen LogP contribution in [0.5, 0.6) is 5.75 Å². The monoisotopic (exact) mass is 293 g/mol. The van der Waals surface area contributed by atoms with Gasteiger partial charge >= 0.3 is 0 Å². The molecule has 0 fully saturated rings. The number of ether oxygens (including phenoxy) is 1. The summed E-state index contributed by atoms with van der Waals surface area (Å²) in [6.45, 7) is 0. The quantitative estimate of drug-likeness (QED) is 0.862. The van der Waals surface area contributed by atoms with E-state index in [1.54, 1.807) is 12.0 Å². The van der Waals surface area contributed by atoms with Gasteiger partial charge in [-0.1, -0.05) is 0 Å². The predicted octanol–water partition coefficient (Wildman–Crippen LogP) is 2.37. The molecule has 0 saturated carbocycles. The molecular formula is C13H16ClN5O. The highest BCUT2D eigenvalue weighted by atomic mass is 35.5. The first-order valence-electron chi connectivity index (χ1n) is 5.98. The summed E-state index contributed by atoms with van der Waals surface area (Å²) >= 11 is 5.94. The first kappa shape index (κ1) is 14.3. The van der Waals surface area contributed by atoms with E-state index >= 15 is 0 Å². The van der Waals surface area contributed by atoms with Crippen molar-refractivity contribution in [1.29, 1.82) is 0 Å². The van der Waals surface area contributed by atoms with Gasteiger partial charge in [0, 0.05) is 26.8 Å². The average molecular weight is 294 g/mol. The fraction of sp³-hybridized carbons (Fsp3) is 0.308. The van der Waals surface area contributed by atoms with Crippen LogP contribution in [0.2, 0.25) is 5.28 Å². The van der Waals surface area contributed by atoms with Crippen LogP contribution >= 0.6 is 11.6 Å². The molecule has 0 aliphatic rings. The van der Waals surface area contributed by atoms with Crippen molar-refractivity contribution in [3.05, 3.63) is 29.5 Å². The largest absolute Gasteiger partial charge is 0.497 e. The lowest BCUT2D eigenvalue weighted by molar-refractivity contribution is 0.415. The second-order valence-corrected chi connectivity index (χ2v) is 4.69. The lowest BCUT2D eigenvalue weighted by atomic mass is 10.3. The fourth-order valence-electron chi connectivity index (χ4n) is 1.60. The van der Waals surface area contributed by atoms with E-state index in [0.29, 0.717) is 11.9 Å². The maximum atomic E-state index is 5.94. The Labute approximate surface area is 123 Å². The number of aromatic nitrogens is 3. The Balaban J connectivity index is 2.34. The van der Waals surface area contributed by atoms with Crippen molar-refractivity contribution in [2.75, 3.05) is 38.1 Å². The first-order chi connectivity index (χ1) is 9.51. The summed E-state index contributed by atoms with van der Waals surface area (Å²) in [5.74, 6) is 1.80. The highest BCUT2D eigenvalue weighted by Gasteiger charge is 2.12. The molecule has 1 heterocycles. The Morgan fingerprint density at radius 1 is 0.950 bits per heavy atom. The van der Waals surface area contributed by atoms with Crippen LogP contribution in [0.25, 0.3) is 0 Å². The Hall–Kier alpha value is -2.08. The van der Waals surface area contributed by atoms with Gasteiger partial charge in [0.2, 0.25) is 17.2 Å². The summed E-state index contributed by atoms with van der Waals surface area (Å²) in [4.78, 5) is 16.2. The molecule has 0 amide bonds. The number of anilines is 3. The Morgan fingerprint density at radius 3 is 2.10 bits per heavy atom. The molecule has 2 aromatic rings. The normalized spacial score (nSPS) is 10.2. The summed E-state index contributed by atoms with van der Waals surface area (Å²) in [6, 6.07) is 7.60. The second-order valence-electron chi connectivity index (χ2n) is 4.36. The molecule has 0 radical (unpaired) electrons. The number of hydrogen-bond donors (Lipinski definition) is 0. The van der Waals surface area contributed by atoms with Crippen LogP contribution in [0.15, 0.2) is 24.3 Å². The third-order valence-electron chi connectivity index (χ3n) is 2.74. The van der Waals surface area contributed by atoms with Crippen LogP contribution in [-0.4, -0.2) is 43.2 Å². The van der Waals surface area contributed by atoms with E-state index in [-0.39, 0.29) is 5.28 Å². The van der Waals surface area contributed by atoms with Crippen molar-refractivity contribution in [3.63, 3.8) is 0 Å². The van der Waals surface area contributed by atoms with E-state index in [0.717, 1.165) is 11.4 Å². The Bertz CT molecular complexity index is 588. The number of benzene rings is 1. The third kappa shape index (κ3) is 3.08. The van der Waals surface area contributed by atoms with Crippen LogP contribution in [0.3, 0.4) is 0 Å². The molecule has 0 unspecified atom stereocenters. The summed E-state index contributed by atoms with van der Waals surface area (Å²) < 4.78 is 5.14. The molecule has 0 saturated heterocycles. The molecule has 2 rings (SSSR count). The van der Waals surface area contributed by atoms with Crippen molar-refractivity contribution in [1.82, 2.24) is 15.0 Å². The van der Waals surface area contributed by atoms with E-state index in [1.807, 2.05) is 50.3 Å². The molecule has 0 aliphatic heterocycles. The molecule has 0 bridgehead atoms. The van der Waals surface area contributed by atoms with Gasteiger partial charge in [-0.05, 0) is 35.9 Å². The maximum Gasteiger partial charge on any atom is 0.235 e. The van der Waals surface area contributed by atoms with Gasteiger partial charge in [0.15, 0.2) is 0 Å². The van der Waals surface area contributed by atoms with Crippen LogP contribution in [0, 0.1) is 0 Å². The van der Waals surface area contributed by atoms with E-state index in [1.165, 1.54) is 0 Å². The van der Waals surface area contributed by atoms with Gasteiger partial charge in [-0.15, -0.1) is 0 Å². The highest BCUT2D eigenvalue weighted by Crippen LogP contribution is 2.24. The van der Waals surface area contributed by atoms with Gasteiger partial charge in [0.05, 0.1) is 7.11 Å². The van der Waals surface area contributed by atoms with Gasteiger partial charge in [0.25, 0.3) is 0 Å². The lowest BCUT2D eigenvalue weighted by Crippen LogP contribution is -2.18. The third-order valence-corrected chi connectivity index (χ3v) is 2.91. The van der Waals surface area contributed by atoms with Crippen molar-refractivity contribution in [2.24, 2.45) is 0 Å². The molecule has 0 N–H and O–H groups in total. The minimum atomic E-state index is 0.166. The molecule has 1 aromatic carbocycles. The number of rotatable bonds is 4. The zero-order chi connectivity index (χ0) is 14.7. The van der Waals surface area contributed by atoms with Crippen LogP contribution in [-0.2, 0) is 0 Å². The molecule has 0 spiro atoms. The molecule has 106 valence electrons. The van der Waals surface area contributed by atoms with Gasteiger partial charge in [-0.3, -0.25) is 0 Å². The minimum absolute atomic E-state index is 0.166.